The molecule has 1 rings (SSSR count). The number of hydrogen-bond donors (Lipinski definition) is 1. The Labute approximate surface area is 96.7 Å². The Morgan fingerprint density at radius 2 is 2.00 bits per heavy atom. The lowest BCUT2D eigenvalue weighted by atomic mass is 10.2. The van der Waals surface area contributed by atoms with Gasteiger partial charge in [-0.05, 0) is 32.2 Å². The third-order valence-electron chi connectivity index (χ3n) is 3.22. The normalized spacial score (nSPS) is 21.7. The van der Waals surface area contributed by atoms with Crippen molar-refractivity contribution in [3.63, 3.8) is 0 Å². The number of rotatable bonds is 7. The lowest BCUT2D eigenvalue weighted by Crippen LogP contribution is -2.35. The topological polar surface area (TPSA) is 29.1 Å². The van der Waals surface area contributed by atoms with Crippen molar-refractivity contribution < 1.29 is 4.21 Å². The van der Waals surface area contributed by atoms with Crippen LogP contribution in [0.15, 0.2) is 0 Å². The van der Waals surface area contributed by atoms with Gasteiger partial charge in [0.15, 0.2) is 0 Å². The van der Waals surface area contributed by atoms with E-state index in [0.29, 0.717) is 11.3 Å². The van der Waals surface area contributed by atoms with E-state index < -0.39 is 10.8 Å². The van der Waals surface area contributed by atoms with Crippen LogP contribution in [0, 0.1) is 0 Å². The van der Waals surface area contributed by atoms with Crippen LogP contribution in [-0.2, 0) is 10.8 Å². The summed E-state index contributed by atoms with van der Waals surface area (Å²) in [6, 6.07) is 0.464. The van der Waals surface area contributed by atoms with Crippen molar-refractivity contribution in [2.24, 2.45) is 0 Å². The molecular formula is C12H25NOS. The molecule has 0 heterocycles. The standard InChI is InChI=1S/C12H25NOS/c1-3-9-13-11(4-2)10-15(14)12-7-5-6-8-12/h11-13H,3-10H2,1-2H3. The monoisotopic (exact) mass is 231 g/mol. The molecule has 2 nitrogen and oxygen atoms in total. The van der Waals surface area contributed by atoms with Crippen molar-refractivity contribution in [1.82, 2.24) is 5.32 Å². The largest absolute Gasteiger partial charge is 0.313 e. The zero-order valence-corrected chi connectivity index (χ0v) is 10.9. The van der Waals surface area contributed by atoms with Crippen molar-refractivity contribution in [2.75, 3.05) is 12.3 Å². The quantitative estimate of drug-likeness (QED) is 0.729. The van der Waals surface area contributed by atoms with Crippen molar-refractivity contribution in [3.8, 4) is 0 Å². The summed E-state index contributed by atoms with van der Waals surface area (Å²) in [5.41, 5.74) is 0. The minimum Gasteiger partial charge on any atom is -0.313 e. The van der Waals surface area contributed by atoms with E-state index in [0.717, 1.165) is 25.1 Å². The molecule has 2 atom stereocenters. The number of nitrogens with one attached hydrogen (secondary N) is 1. The first-order valence-electron chi connectivity index (χ1n) is 6.38. The SMILES string of the molecule is CCCNC(CC)CS(=O)C1CCCC1. The molecule has 0 radical (unpaired) electrons. The Kier molecular flexibility index (Phi) is 6.50. The first-order valence-corrected chi connectivity index (χ1v) is 7.76. The van der Waals surface area contributed by atoms with Gasteiger partial charge in [-0.1, -0.05) is 26.7 Å². The van der Waals surface area contributed by atoms with Crippen molar-refractivity contribution >= 4 is 10.8 Å². The molecule has 0 saturated heterocycles. The summed E-state index contributed by atoms with van der Waals surface area (Å²) < 4.78 is 12.0. The van der Waals surface area contributed by atoms with Gasteiger partial charge in [-0.25, -0.2) is 0 Å². The summed E-state index contributed by atoms with van der Waals surface area (Å²) in [5, 5.41) is 3.98. The van der Waals surface area contributed by atoms with Crippen LogP contribution in [0.2, 0.25) is 0 Å². The van der Waals surface area contributed by atoms with Crippen LogP contribution >= 0.6 is 0 Å². The maximum Gasteiger partial charge on any atom is 0.0391 e. The first-order chi connectivity index (χ1) is 7.27. The van der Waals surface area contributed by atoms with Crippen LogP contribution in [0.25, 0.3) is 0 Å². The van der Waals surface area contributed by atoms with Gasteiger partial charge in [-0.2, -0.15) is 0 Å². The Hall–Kier alpha value is 0.110. The average molecular weight is 231 g/mol. The Morgan fingerprint density at radius 1 is 1.33 bits per heavy atom. The second kappa shape index (κ2) is 7.39. The van der Waals surface area contributed by atoms with Gasteiger partial charge >= 0.3 is 0 Å². The molecule has 1 saturated carbocycles. The molecule has 1 N–H and O–H groups in total. The average Bonchev–Trinajstić information content (AvgIpc) is 2.77. The van der Waals surface area contributed by atoms with E-state index in [1.165, 1.54) is 25.7 Å². The van der Waals surface area contributed by atoms with E-state index in [-0.39, 0.29) is 0 Å². The van der Waals surface area contributed by atoms with Gasteiger partial charge in [0.25, 0.3) is 0 Å². The highest BCUT2D eigenvalue weighted by atomic mass is 32.2. The molecule has 0 aromatic rings. The van der Waals surface area contributed by atoms with Gasteiger partial charge in [-0.15, -0.1) is 0 Å². The Bertz CT molecular complexity index is 190. The van der Waals surface area contributed by atoms with E-state index in [4.69, 9.17) is 0 Å². The molecule has 0 aliphatic heterocycles. The molecule has 0 aromatic heterocycles. The summed E-state index contributed by atoms with van der Waals surface area (Å²) >= 11 is 0. The van der Waals surface area contributed by atoms with Gasteiger partial charge in [0.05, 0.1) is 0 Å². The smallest absolute Gasteiger partial charge is 0.0391 e. The van der Waals surface area contributed by atoms with Gasteiger partial charge in [0, 0.05) is 27.8 Å². The highest BCUT2D eigenvalue weighted by molar-refractivity contribution is 7.85. The molecule has 1 fully saturated rings. The molecular weight excluding hydrogens is 206 g/mol. The van der Waals surface area contributed by atoms with Crippen LogP contribution in [0.1, 0.15) is 52.4 Å². The second-order valence-corrected chi connectivity index (χ2v) is 6.27. The summed E-state index contributed by atoms with van der Waals surface area (Å²) in [7, 11) is -0.591. The highest BCUT2D eigenvalue weighted by Gasteiger charge is 2.23. The highest BCUT2D eigenvalue weighted by Crippen LogP contribution is 2.23. The molecule has 3 heteroatoms. The van der Waals surface area contributed by atoms with E-state index in [2.05, 4.69) is 19.2 Å². The second-order valence-electron chi connectivity index (χ2n) is 4.51. The van der Waals surface area contributed by atoms with E-state index >= 15 is 0 Å². The zero-order chi connectivity index (χ0) is 11.1. The summed E-state index contributed by atoms with van der Waals surface area (Å²) in [4.78, 5) is 0. The van der Waals surface area contributed by atoms with Crippen LogP contribution in [0.5, 0.6) is 0 Å². The lowest BCUT2D eigenvalue weighted by molar-refractivity contribution is 0.532. The van der Waals surface area contributed by atoms with Crippen LogP contribution in [-0.4, -0.2) is 27.8 Å². The predicted molar refractivity (Wildman–Crippen MR) is 67.6 cm³/mol. The number of hydrogen-bond acceptors (Lipinski definition) is 2. The maximum atomic E-state index is 12.0. The molecule has 1 aliphatic rings. The van der Waals surface area contributed by atoms with Gasteiger partial charge in [0.1, 0.15) is 0 Å². The molecule has 0 aromatic carbocycles. The van der Waals surface area contributed by atoms with Crippen LogP contribution in [0.3, 0.4) is 0 Å². The van der Waals surface area contributed by atoms with Gasteiger partial charge < -0.3 is 5.32 Å². The maximum absolute atomic E-state index is 12.0. The summed E-state index contributed by atoms with van der Waals surface area (Å²) in [6.07, 6.45) is 7.21. The van der Waals surface area contributed by atoms with E-state index in [9.17, 15) is 4.21 Å². The fraction of sp³-hybridized carbons (Fsp3) is 1.00. The molecule has 0 spiro atoms. The van der Waals surface area contributed by atoms with E-state index in [1.54, 1.807) is 0 Å². The first kappa shape index (κ1) is 13.2. The fourth-order valence-electron chi connectivity index (χ4n) is 2.16. The molecule has 90 valence electrons. The van der Waals surface area contributed by atoms with Crippen molar-refractivity contribution in [1.29, 1.82) is 0 Å². The lowest BCUT2D eigenvalue weighted by Gasteiger charge is -2.18. The van der Waals surface area contributed by atoms with Crippen LogP contribution in [0.4, 0.5) is 0 Å². The molecule has 2 unspecified atom stereocenters. The Morgan fingerprint density at radius 3 is 2.53 bits per heavy atom. The van der Waals surface area contributed by atoms with Crippen molar-refractivity contribution in [2.45, 2.75) is 63.7 Å². The van der Waals surface area contributed by atoms with Crippen molar-refractivity contribution in [3.05, 3.63) is 0 Å². The minimum absolute atomic E-state index is 0.464. The molecule has 0 amide bonds. The molecule has 0 bridgehead atoms. The van der Waals surface area contributed by atoms with E-state index in [1.807, 2.05) is 0 Å². The Balaban J connectivity index is 2.26. The minimum atomic E-state index is -0.591. The third kappa shape index (κ3) is 4.64. The molecule has 15 heavy (non-hydrogen) atoms. The van der Waals surface area contributed by atoms with Gasteiger partial charge in [-0.3, -0.25) is 4.21 Å². The third-order valence-corrected chi connectivity index (χ3v) is 5.16. The fourth-order valence-corrected chi connectivity index (χ4v) is 4.04. The zero-order valence-electron chi connectivity index (χ0n) is 10.1. The van der Waals surface area contributed by atoms with Gasteiger partial charge in [0.2, 0.25) is 0 Å². The predicted octanol–water partition coefficient (Wildman–Crippen LogP) is 2.46. The molecule has 1 aliphatic carbocycles. The summed E-state index contributed by atoms with van der Waals surface area (Å²) in [5.74, 6) is 0.862. The summed E-state index contributed by atoms with van der Waals surface area (Å²) in [6.45, 7) is 5.41. The van der Waals surface area contributed by atoms with Crippen LogP contribution < -0.4 is 5.32 Å².